The first-order chi connectivity index (χ1) is 13.5. The molecule has 3 aromatic rings. The van der Waals surface area contributed by atoms with Crippen LogP contribution in [0.3, 0.4) is 0 Å². The first kappa shape index (κ1) is 19.7. The van der Waals surface area contributed by atoms with Crippen molar-refractivity contribution in [3.63, 3.8) is 0 Å². The van der Waals surface area contributed by atoms with E-state index in [0.717, 1.165) is 11.3 Å². The number of carbonyl (C=O) groups is 1. The fourth-order valence-electron chi connectivity index (χ4n) is 2.89. The molecular formula is C20H21ClN4O3. The van der Waals surface area contributed by atoms with Crippen molar-refractivity contribution < 1.29 is 14.3 Å². The summed E-state index contributed by atoms with van der Waals surface area (Å²) < 4.78 is 12.2. The Hall–Kier alpha value is -3.06. The third-order valence-corrected chi connectivity index (χ3v) is 4.92. The van der Waals surface area contributed by atoms with Gasteiger partial charge in [-0.3, -0.25) is 4.79 Å². The lowest BCUT2D eigenvalue weighted by Crippen LogP contribution is -2.29. The third-order valence-electron chi connectivity index (χ3n) is 4.64. The number of halogens is 1. The Bertz CT molecular complexity index is 958. The molecular weight excluding hydrogens is 380 g/mol. The number of ether oxygens (including phenoxy) is 2. The zero-order valence-electron chi connectivity index (χ0n) is 16.1. The molecule has 146 valence electrons. The number of nitrogens with zero attached hydrogens (tertiary/aromatic N) is 4. The van der Waals surface area contributed by atoms with Crippen molar-refractivity contribution in [1.82, 2.24) is 19.7 Å². The molecule has 1 heterocycles. The fourth-order valence-corrected chi connectivity index (χ4v) is 3.18. The van der Waals surface area contributed by atoms with Gasteiger partial charge < -0.3 is 14.4 Å². The molecule has 28 heavy (non-hydrogen) atoms. The number of methoxy groups -OCH3 is 2. The molecule has 0 spiro atoms. The SMILES string of the molecule is COc1cc(C(=O)N(C)C(C)c2ccc(-n3cncn3)cc2)cc(Cl)c1OC. The quantitative estimate of drug-likeness (QED) is 0.630. The van der Waals surface area contributed by atoms with Gasteiger partial charge in [-0.1, -0.05) is 23.7 Å². The van der Waals surface area contributed by atoms with E-state index in [0.29, 0.717) is 22.1 Å². The van der Waals surface area contributed by atoms with Crippen molar-refractivity contribution >= 4 is 17.5 Å². The van der Waals surface area contributed by atoms with E-state index in [2.05, 4.69) is 10.1 Å². The Morgan fingerprint density at radius 3 is 2.46 bits per heavy atom. The molecule has 1 atom stereocenters. The van der Waals surface area contributed by atoms with Gasteiger partial charge >= 0.3 is 0 Å². The zero-order valence-corrected chi connectivity index (χ0v) is 16.8. The predicted molar refractivity (Wildman–Crippen MR) is 106 cm³/mol. The summed E-state index contributed by atoms with van der Waals surface area (Å²) in [6.45, 7) is 1.96. The van der Waals surface area contributed by atoms with Crippen molar-refractivity contribution in [2.45, 2.75) is 13.0 Å². The van der Waals surface area contributed by atoms with Gasteiger partial charge in [0.15, 0.2) is 11.5 Å². The van der Waals surface area contributed by atoms with Crippen LogP contribution < -0.4 is 9.47 Å². The summed E-state index contributed by atoms with van der Waals surface area (Å²) in [5, 5.41) is 4.43. The standard InChI is InChI=1S/C20H21ClN4O3/c1-13(14-5-7-16(8-6-14)25-12-22-11-23-25)24(2)20(26)15-9-17(21)19(28-4)18(10-15)27-3/h5-13H,1-4H3. The second-order valence-electron chi connectivity index (χ2n) is 6.22. The Labute approximate surface area is 168 Å². The highest BCUT2D eigenvalue weighted by Gasteiger charge is 2.22. The normalized spacial score (nSPS) is 11.8. The van der Waals surface area contributed by atoms with Gasteiger partial charge in [0.1, 0.15) is 12.7 Å². The van der Waals surface area contributed by atoms with Gasteiger partial charge in [-0.15, -0.1) is 0 Å². The van der Waals surface area contributed by atoms with E-state index < -0.39 is 0 Å². The molecule has 2 aromatic carbocycles. The molecule has 0 bridgehead atoms. The number of hydrogen-bond acceptors (Lipinski definition) is 5. The minimum Gasteiger partial charge on any atom is -0.493 e. The molecule has 0 saturated carbocycles. The molecule has 3 rings (SSSR count). The summed E-state index contributed by atoms with van der Waals surface area (Å²) in [5.41, 5.74) is 2.32. The van der Waals surface area contributed by atoms with Gasteiger partial charge in [0, 0.05) is 12.6 Å². The van der Waals surface area contributed by atoms with Crippen molar-refractivity contribution in [1.29, 1.82) is 0 Å². The molecule has 1 unspecified atom stereocenters. The Kier molecular flexibility index (Phi) is 5.84. The average Bonchev–Trinajstić information content (AvgIpc) is 3.26. The molecule has 0 saturated heterocycles. The second kappa shape index (κ2) is 8.31. The lowest BCUT2D eigenvalue weighted by molar-refractivity contribution is 0.0742. The van der Waals surface area contributed by atoms with Crippen LogP contribution in [0.25, 0.3) is 5.69 Å². The lowest BCUT2D eigenvalue weighted by Gasteiger charge is -2.26. The summed E-state index contributed by atoms with van der Waals surface area (Å²) in [7, 11) is 4.76. The van der Waals surface area contributed by atoms with Crippen LogP contribution in [0.15, 0.2) is 49.1 Å². The summed E-state index contributed by atoms with van der Waals surface area (Å²) in [6.07, 6.45) is 3.12. The Balaban J connectivity index is 1.82. The maximum atomic E-state index is 13.0. The first-order valence-corrected chi connectivity index (χ1v) is 8.97. The van der Waals surface area contributed by atoms with Crippen LogP contribution in [0.2, 0.25) is 5.02 Å². The summed E-state index contributed by atoms with van der Waals surface area (Å²) in [6, 6.07) is 10.9. The van der Waals surface area contributed by atoms with Crippen LogP contribution in [0, 0.1) is 0 Å². The fraction of sp³-hybridized carbons (Fsp3) is 0.250. The summed E-state index contributed by atoms with van der Waals surface area (Å²) >= 11 is 6.24. The van der Waals surface area contributed by atoms with Crippen molar-refractivity contribution in [2.75, 3.05) is 21.3 Å². The van der Waals surface area contributed by atoms with Crippen molar-refractivity contribution in [2.24, 2.45) is 0 Å². The van der Waals surface area contributed by atoms with E-state index in [9.17, 15) is 4.79 Å². The smallest absolute Gasteiger partial charge is 0.254 e. The Morgan fingerprint density at radius 2 is 1.89 bits per heavy atom. The van der Waals surface area contributed by atoms with E-state index in [4.69, 9.17) is 21.1 Å². The third kappa shape index (κ3) is 3.80. The van der Waals surface area contributed by atoms with Crippen molar-refractivity contribution in [3.05, 3.63) is 65.2 Å². The highest BCUT2D eigenvalue weighted by Crippen LogP contribution is 2.36. The number of aromatic nitrogens is 3. The van der Waals surface area contributed by atoms with Crippen LogP contribution in [0.1, 0.15) is 28.9 Å². The van der Waals surface area contributed by atoms with Crippen LogP contribution in [-0.4, -0.2) is 46.8 Å². The number of benzene rings is 2. The maximum Gasteiger partial charge on any atom is 0.254 e. The Morgan fingerprint density at radius 1 is 1.18 bits per heavy atom. The van der Waals surface area contributed by atoms with Crippen LogP contribution in [0.5, 0.6) is 11.5 Å². The van der Waals surface area contributed by atoms with Gasteiger partial charge in [-0.05, 0) is 36.8 Å². The molecule has 8 heteroatoms. The van der Waals surface area contributed by atoms with Crippen molar-refractivity contribution in [3.8, 4) is 17.2 Å². The molecule has 0 fully saturated rings. The van der Waals surface area contributed by atoms with Gasteiger partial charge in [-0.2, -0.15) is 5.10 Å². The molecule has 0 aliphatic rings. The van der Waals surface area contributed by atoms with E-state index in [-0.39, 0.29) is 11.9 Å². The maximum absolute atomic E-state index is 13.0. The molecule has 0 aliphatic carbocycles. The average molecular weight is 401 g/mol. The number of amides is 1. The molecule has 1 amide bonds. The monoisotopic (exact) mass is 400 g/mol. The molecule has 0 radical (unpaired) electrons. The largest absolute Gasteiger partial charge is 0.493 e. The van der Waals surface area contributed by atoms with E-state index >= 15 is 0 Å². The zero-order chi connectivity index (χ0) is 20.3. The van der Waals surface area contributed by atoms with Crippen LogP contribution in [-0.2, 0) is 0 Å². The van der Waals surface area contributed by atoms with E-state index in [1.54, 1.807) is 35.1 Å². The summed E-state index contributed by atoms with van der Waals surface area (Å²) in [4.78, 5) is 18.6. The number of hydrogen-bond donors (Lipinski definition) is 0. The highest BCUT2D eigenvalue weighted by molar-refractivity contribution is 6.32. The van der Waals surface area contributed by atoms with Crippen LogP contribution in [0.4, 0.5) is 0 Å². The number of rotatable bonds is 6. The molecule has 7 nitrogen and oxygen atoms in total. The van der Waals surface area contributed by atoms with Crippen LogP contribution >= 0.6 is 11.6 Å². The topological polar surface area (TPSA) is 69.5 Å². The van der Waals surface area contributed by atoms with E-state index in [1.165, 1.54) is 20.5 Å². The van der Waals surface area contributed by atoms with E-state index in [1.807, 2.05) is 31.2 Å². The minimum atomic E-state index is -0.171. The van der Waals surface area contributed by atoms with Gasteiger partial charge in [0.25, 0.3) is 5.91 Å². The van der Waals surface area contributed by atoms with Gasteiger partial charge in [-0.25, -0.2) is 9.67 Å². The second-order valence-corrected chi connectivity index (χ2v) is 6.62. The molecule has 0 N–H and O–H groups in total. The predicted octanol–water partition coefficient (Wildman–Crippen LogP) is 3.77. The first-order valence-electron chi connectivity index (χ1n) is 8.60. The lowest BCUT2D eigenvalue weighted by atomic mass is 10.1. The number of carbonyl (C=O) groups excluding carboxylic acids is 1. The molecule has 0 aliphatic heterocycles. The van der Waals surface area contributed by atoms with Gasteiger partial charge in [0.2, 0.25) is 0 Å². The van der Waals surface area contributed by atoms with Gasteiger partial charge in [0.05, 0.1) is 31.0 Å². The summed E-state index contributed by atoms with van der Waals surface area (Å²) in [5.74, 6) is 0.646. The highest BCUT2D eigenvalue weighted by atomic mass is 35.5. The minimum absolute atomic E-state index is 0.149. The molecule has 1 aromatic heterocycles.